The molecule has 15 aromatic rings. The number of hydrogen-bond acceptors (Lipinski definition) is 8. The normalized spacial score (nSPS) is 13.7. The van der Waals surface area contributed by atoms with Crippen molar-refractivity contribution in [3.63, 3.8) is 0 Å². The zero-order valence-electron chi connectivity index (χ0n) is 59.4. The maximum absolute atomic E-state index is 17.9. The first-order valence-electron chi connectivity index (χ1n) is 35.8. The molecule has 110 heavy (non-hydrogen) atoms. The second-order valence-corrected chi connectivity index (χ2v) is 31.7. The molecule has 0 atom stereocenters. The average molecular weight is 1500 g/mol. The van der Waals surface area contributed by atoms with Gasteiger partial charge in [-0.15, -0.1) is 22.7 Å². The van der Waals surface area contributed by atoms with Gasteiger partial charge in [-0.25, -0.2) is 43.9 Å². The van der Waals surface area contributed by atoms with Crippen molar-refractivity contribution < 1.29 is 53.4 Å². The highest BCUT2D eigenvalue weighted by molar-refractivity contribution is 7.34. The van der Waals surface area contributed by atoms with Crippen LogP contribution >= 0.6 is 22.7 Å². The Hall–Kier alpha value is -11.9. The van der Waals surface area contributed by atoms with E-state index in [4.69, 9.17) is 9.47 Å². The van der Waals surface area contributed by atoms with Crippen molar-refractivity contribution in [3.8, 4) is 45.3 Å². The van der Waals surface area contributed by atoms with Crippen LogP contribution in [0.1, 0.15) is 38.9 Å². The number of ether oxygens (including phenoxy) is 2. The Labute approximate surface area is 633 Å². The summed E-state index contributed by atoms with van der Waals surface area (Å²) < 4.78 is 190. The minimum Gasteiger partial charge on any atom is -0.458 e. The number of anilines is 12. The van der Waals surface area contributed by atoms with Gasteiger partial charge in [0.15, 0.2) is 0 Å². The van der Waals surface area contributed by atoms with Crippen LogP contribution in [0.3, 0.4) is 0 Å². The summed E-state index contributed by atoms with van der Waals surface area (Å²) in [7, 11) is 0. The molecule has 21 rings (SSSR count). The summed E-state index contributed by atoms with van der Waals surface area (Å²) in [5.41, 5.74) is 11.8. The van der Waals surface area contributed by atoms with E-state index in [0.29, 0.717) is 113 Å². The Morgan fingerprint density at radius 1 is 0.291 bits per heavy atom. The van der Waals surface area contributed by atoms with Gasteiger partial charge >= 0.3 is 0 Å². The molecule has 6 nitrogen and oxygen atoms in total. The van der Waals surface area contributed by atoms with E-state index < -0.39 is 101 Å². The SMILES string of the molecule is Cc1cc(C)c(-c2cc3c4c(c2)N(c2c(F)cccc2F)c2cc5c(cc2B4c2sc4ccc(F)cc4c2O3)B2c3cc4c(cc3N(c3c(F)cccc3F)c3cc(C)cc(c32)O5)N(c2c(F)cccc2F)c2cc(-c3c(C)cc(C)cc3C)cc3c2B4c2sc4ccc(F)cc4c2N3c2c(F)cccc2F)c(C)c1. The number of para-hydroxylation sites is 4. The summed E-state index contributed by atoms with van der Waals surface area (Å²) in [5.74, 6) is -7.57. The van der Waals surface area contributed by atoms with Gasteiger partial charge in [0.25, 0.3) is 20.1 Å². The molecule has 0 unspecified atom stereocenters. The quantitative estimate of drug-likeness (QED) is 0.122. The van der Waals surface area contributed by atoms with Crippen molar-refractivity contribution in [2.24, 2.45) is 0 Å². The highest BCUT2D eigenvalue weighted by Crippen LogP contribution is 2.55. The highest BCUT2D eigenvalue weighted by Gasteiger charge is 2.53. The van der Waals surface area contributed by atoms with Crippen LogP contribution in [0.25, 0.3) is 42.4 Å². The molecule has 2 aromatic heterocycles. The molecule has 0 aliphatic carbocycles. The van der Waals surface area contributed by atoms with Crippen LogP contribution < -0.4 is 76.9 Å². The van der Waals surface area contributed by atoms with Crippen molar-refractivity contribution in [2.45, 2.75) is 48.5 Å². The zero-order valence-corrected chi connectivity index (χ0v) is 61.0. The van der Waals surface area contributed by atoms with Crippen LogP contribution in [-0.4, -0.2) is 20.1 Å². The molecule has 8 heterocycles. The van der Waals surface area contributed by atoms with E-state index in [1.54, 1.807) is 35.2 Å². The van der Waals surface area contributed by atoms with Gasteiger partial charge in [-0.05, 0) is 264 Å². The Bertz CT molecular complexity index is 6630. The fourth-order valence-electron chi connectivity index (χ4n) is 18.8. The number of rotatable bonds is 6. The second kappa shape index (κ2) is 23.5. The number of thiophene rings is 2. The Morgan fingerprint density at radius 2 is 0.673 bits per heavy atom. The fraction of sp³-hybridized carbons (Fsp3) is 0.0787. The van der Waals surface area contributed by atoms with Crippen molar-refractivity contribution in [3.05, 3.63) is 291 Å². The van der Waals surface area contributed by atoms with Gasteiger partial charge in [0.2, 0.25) is 0 Å². The predicted octanol–water partition coefficient (Wildman–Crippen LogP) is 19.9. The Kier molecular flexibility index (Phi) is 14.2. The maximum Gasteiger partial charge on any atom is 0.268 e. The van der Waals surface area contributed by atoms with Crippen LogP contribution in [0, 0.1) is 107 Å². The third-order valence-corrected chi connectivity index (χ3v) is 25.1. The number of hydrogen-bond donors (Lipinski definition) is 0. The molecule has 0 amide bonds. The molecule has 6 aliphatic rings. The molecule has 0 saturated carbocycles. The number of aryl methyl sites for hydroxylation is 7. The second-order valence-electron chi connectivity index (χ2n) is 29.5. The lowest BCUT2D eigenvalue weighted by Crippen LogP contribution is -2.65. The largest absolute Gasteiger partial charge is 0.458 e. The van der Waals surface area contributed by atoms with E-state index in [1.807, 2.05) is 103 Å². The summed E-state index contributed by atoms with van der Waals surface area (Å²) in [6.45, 7) is 10.8. The predicted molar refractivity (Wildman–Crippen MR) is 427 cm³/mol. The monoisotopic (exact) mass is 1500 g/mol. The van der Waals surface area contributed by atoms with Crippen molar-refractivity contribution >= 4 is 179 Å². The lowest BCUT2D eigenvalue weighted by Gasteiger charge is -2.46. The molecular weight excluding hydrogens is 1440 g/mol. The number of fused-ring (bicyclic) bond motifs is 16. The van der Waals surface area contributed by atoms with Gasteiger partial charge in [-0.2, -0.15) is 0 Å². The standard InChI is InChI=1S/C89H53B3F10N4O2S2/c1-40-24-43(4)77(44(5)25-40)47-30-69-79-70(31-47)106(86-63(101)18-11-19-64(86)102)82-51-34-49(93)20-22-75(51)109-88(82)91(79)54-36-53-65(38-66(54)104(69)84-59(97)14-9-15-60(84)98)103(83-57(95)12-8-13-58(83)96)68-28-42(3)29-73-80(68)90(53)56-37-55-67(39-72(56)107-73)105(85-61(99)16-10-17-62(85)100)71-32-48(78-45(6)26-41(2)27-46(78)7)33-74-81(71)92(55)89-87(108-74)52-35-50(94)21-23-76(52)110-89/h8-39H,1-7H3. The molecule has 6 aliphatic heterocycles. The minimum absolute atomic E-state index is 0.139. The molecule has 0 N–H and O–H groups in total. The van der Waals surface area contributed by atoms with Gasteiger partial charge in [-0.1, -0.05) is 71.8 Å². The number of halogens is 10. The smallest absolute Gasteiger partial charge is 0.268 e. The number of benzene rings is 13. The van der Waals surface area contributed by atoms with Crippen molar-refractivity contribution in [1.29, 1.82) is 0 Å². The molecule has 0 spiro atoms. The van der Waals surface area contributed by atoms with Gasteiger partial charge in [0.1, 0.15) is 104 Å². The average Bonchev–Trinajstić information content (AvgIpc) is 1.14. The Morgan fingerprint density at radius 3 is 1.19 bits per heavy atom. The van der Waals surface area contributed by atoms with Crippen molar-refractivity contribution in [2.75, 3.05) is 19.6 Å². The van der Waals surface area contributed by atoms with Gasteiger partial charge < -0.3 is 29.1 Å². The first kappa shape index (κ1) is 66.3. The van der Waals surface area contributed by atoms with Crippen LogP contribution in [-0.2, 0) is 0 Å². The van der Waals surface area contributed by atoms with E-state index in [0.717, 1.165) is 75.3 Å². The van der Waals surface area contributed by atoms with E-state index in [1.165, 1.54) is 98.0 Å². The number of nitrogens with zero attached hydrogens (tertiary/aromatic N) is 4. The van der Waals surface area contributed by atoms with Crippen molar-refractivity contribution in [1.82, 2.24) is 0 Å². The van der Waals surface area contributed by atoms with Crippen LogP contribution in [0.2, 0.25) is 0 Å². The molecule has 13 aromatic carbocycles. The van der Waals surface area contributed by atoms with E-state index in [-0.39, 0.29) is 45.6 Å². The topological polar surface area (TPSA) is 31.4 Å². The zero-order chi connectivity index (χ0) is 75.4. The molecule has 21 heteroatoms. The molecule has 0 fully saturated rings. The molecule has 0 bridgehead atoms. The molecule has 532 valence electrons. The summed E-state index contributed by atoms with van der Waals surface area (Å²) >= 11 is 2.63. The van der Waals surface area contributed by atoms with E-state index >= 15 is 43.9 Å². The van der Waals surface area contributed by atoms with Crippen LogP contribution in [0.4, 0.5) is 112 Å². The van der Waals surface area contributed by atoms with E-state index in [2.05, 4.69) is 12.1 Å². The third kappa shape index (κ3) is 9.27. The summed E-state index contributed by atoms with van der Waals surface area (Å²) in [6, 6.07) is 49.4. The van der Waals surface area contributed by atoms with Crippen LogP contribution in [0.15, 0.2) is 194 Å². The molecular formula is C89H53B3F10N4O2S2. The maximum atomic E-state index is 17.9. The van der Waals surface area contributed by atoms with E-state index in [9.17, 15) is 0 Å². The summed E-state index contributed by atoms with van der Waals surface area (Å²) in [4.78, 5) is 5.95. The lowest BCUT2D eigenvalue weighted by molar-refractivity contribution is 0.487. The highest BCUT2D eigenvalue weighted by atomic mass is 32.1. The first-order valence-corrected chi connectivity index (χ1v) is 37.5. The van der Waals surface area contributed by atoms with Gasteiger partial charge in [0, 0.05) is 75.6 Å². The third-order valence-electron chi connectivity index (χ3n) is 22.7. The summed E-state index contributed by atoms with van der Waals surface area (Å²) in [5, 5.41) is 0.803. The lowest BCUT2D eigenvalue weighted by atomic mass is 9.30. The van der Waals surface area contributed by atoms with Gasteiger partial charge in [0.05, 0.1) is 5.69 Å². The first-order chi connectivity index (χ1) is 53.0. The summed E-state index contributed by atoms with van der Waals surface area (Å²) in [6.07, 6.45) is 0. The molecule has 0 radical (unpaired) electrons. The molecule has 0 saturated heterocycles. The fourth-order valence-corrected chi connectivity index (χ4v) is 21.4. The van der Waals surface area contributed by atoms with Gasteiger partial charge in [-0.3, -0.25) is 0 Å². The minimum atomic E-state index is -1.04. The van der Waals surface area contributed by atoms with Crippen LogP contribution in [0.5, 0.6) is 23.0 Å². The Balaban J connectivity index is 0.902.